The van der Waals surface area contributed by atoms with E-state index >= 15 is 0 Å². The minimum atomic E-state index is -0.193. The second-order valence-corrected chi connectivity index (χ2v) is 4.76. The fourth-order valence-electron chi connectivity index (χ4n) is 1.89. The maximum absolute atomic E-state index is 11.8. The molecule has 1 heterocycles. The first-order valence-electron chi connectivity index (χ1n) is 6.68. The summed E-state index contributed by atoms with van der Waals surface area (Å²) in [6.45, 7) is 2.17. The molecule has 7 nitrogen and oxygen atoms in total. The number of nitrogens with two attached hydrogens (primary N) is 1. The highest BCUT2D eigenvalue weighted by molar-refractivity contribution is 5.76. The van der Waals surface area contributed by atoms with Crippen LogP contribution < -0.4 is 15.8 Å². The number of rotatable bonds is 6. The van der Waals surface area contributed by atoms with Gasteiger partial charge in [-0.15, -0.1) is 10.2 Å². The zero-order chi connectivity index (χ0) is 15.2. The van der Waals surface area contributed by atoms with E-state index in [4.69, 9.17) is 10.5 Å². The van der Waals surface area contributed by atoms with Crippen LogP contribution in [0.15, 0.2) is 30.6 Å². The molecule has 0 saturated carbocycles. The molecule has 0 spiro atoms. The Kier molecular flexibility index (Phi) is 4.76. The van der Waals surface area contributed by atoms with Gasteiger partial charge in [0.2, 0.25) is 5.91 Å². The summed E-state index contributed by atoms with van der Waals surface area (Å²) >= 11 is 0. The van der Waals surface area contributed by atoms with Gasteiger partial charge in [0, 0.05) is 12.7 Å². The van der Waals surface area contributed by atoms with E-state index in [9.17, 15) is 4.79 Å². The fourth-order valence-corrected chi connectivity index (χ4v) is 1.89. The zero-order valence-electron chi connectivity index (χ0n) is 12.1. The predicted molar refractivity (Wildman–Crippen MR) is 78.5 cm³/mol. The Morgan fingerprint density at radius 2 is 2.14 bits per heavy atom. The van der Waals surface area contributed by atoms with Crippen molar-refractivity contribution in [2.24, 2.45) is 7.05 Å². The Bertz CT molecular complexity index is 594. The summed E-state index contributed by atoms with van der Waals surface area (Å²) in [5, 5.41) is 10.6. The van der Waals surface area contributed by atoms with Crippen molar-refractivity contribution in [1.29, 1.82) is 0 Å². The number of ether oxygens (including phenoxy) is 1. The largest absolute Gasteiger partial charge is 0.493 e. The third-order valence-corrected chi connectivity index (χ3v) is 2.99. The molecule has 0 bridgehead atoms. The van der Waals surface area contributed by atoms with Gasteiger partial charge >= 0.3 is 0 Å². The maximum atomic E-state index is 11.8. The van der Waals surface area contributed by atoms with Gasteiger partial charge < -0.3 is 20.4 Å². The molecule has 0 saturated heterocycles. The minimum absolute atomic E-state index is 0.0963. The first kappa shape index (κ1) is 14.8. The summed E-state index contributed by atoms with van der Waals surface area (Å²) in [5.41, 5.74) is 6.26. The number of benzene rings is 1. The molecule has 0 fully saturated rings. The maximum Gasteiger partial charge on any atom is 0.224 e. The molecule has 0 aliphatic carbocycles. The highest BCUT2D eigenvalue weighted by atomic mass is 16.5. The van der Waals surface area contributed by atoms with Crippen LogP contribution >= 0.6 is 0 Å². The molecule has 3 N–H and O–H groups in total. The van der Waals surface area contributed by atoms with E-state index in [-0.39, 0.29) is 18.4 Å². The SMILES string of the molecule is CC(NC(=O)CCOc1ccc(N)cc1)c1nncn1C. The second-order valence-electron chi connectivity index (χ2n) is 4.76. The lowest BCUT2D eigenvalue weighted by atomic mass is 10.3. The van der Waals surface area contributed by atoms with Crippen molar-refractivity contribution >= 4 is 11.6 Å². The Balaban J connectivity index is 1.75. The van der Waals surface area contributed by atoms with Crippen LogP contribution in [-0.4, -0.2) is 27.3 Å². The Hall–Kier alpha value is -2.57. The zero-order valence-corrected chi connectivity index (χ0v) is 12.1. The van der Waals surface area contributed by atoms with Crippen molar-refractivity contribution in [3.63, 3.8) is 0 Å². The van der Waals surface area contributed by atoms with Gasteiger partial charge in [-0.2, -0.15) is 0 Å². The topological polar surface area (TPSA) is 95.1 Å². The molecular weight excluding hydrogens is 270 g/mol. The minimum Gasteiger partial charge on any atom is -0.493 e. The number of aryl methyl sites for hydroxylation is 1. The number of hydrogen-bond acceptors (Lipinski definition) is 5. The van der Waals surface area contributed by atoms with E-state index < -0.39 is 0 Å². The quantitative estimate of drug-likeness (QED) is 0.775. The van der Waals surface area contributed by atoms with Crippen molar-refractivity contribution < 1.29 is 9.53 Å². The van der Waals surface area contributed by atoms with Crippen LogP contribution in [-0.2, 0) is 11.8 Å². The van der Waals surface area contributed by atoms with Gasteiger partial charge in [0.15, 0.2) is 5.82 Å². The smallest absolute Gasteiger partial charge is 0.224 e. The van der Waals surface area contributed by atoms with Crippen molar-refractivity contribution in [3.8, 4) is 5.75 Å². The average molecular weight is 289 g/mol. The molecule has 1 unspecified atom stereocenters. The molecular formula is C14H19N5O2. The number of carbonyl (C=O) groups is 1. The van der Waals surface area contributed by atoms with E-state index in [2.05, 4.69) is 15.5 Å². The number of amides is 1. The summed E-state index contributed by atoms with van der Waals surface area (Å²) in [6.07, 6.45) is 1.87. The van der Waals surface area contributed by atoms with Gasteiger partial charge in [-0.1, -0.05) is 0 Å². The third kappa shape index (κ3) is 4.20. The molecule has 0 aliphatic rings. The molecule has 1 aromatic heterocycles. The second kappa shape index (κ2) is 6.74. The molecule has 0 radical (unpaired) electrons. The third-order valence-electron chi connectivity index (χ3n) is 2.99. The monoisotopic (exact) mass is 289 g/mol. The van der Waals surface area contributed by atoms with Crippen molar-refractivity contribution in [3.05, 3.63) is 36.4 Å². The van der Waals surface area contributed by atoms with Gasteiger partial charge in [-0.25, -0.2) is 0 Å². The lowest BCUT2D eigenvalue weighted by molar-refractivity contribution is -0.122. The fraction of sp³-hybridized carbons (Fsp3) is 0.357. The first-order chi connectivity index (χ1) is 10.1. The Labute approximate surface area is 123 Å². The number of anilines is 1. The summed E-state index contributed by atoms with van der Waals surface area (Å²) < 4.78 is 7.25. The molecule has 7 heteroatoms. The Morgan fingerprint density at radius 3 is 2.76 bits per heavy atom. The van der Waals surface area contributed by atoms with Gasteiger partial charge in [-0.05, 0) is 31.2 Å². The standard InChI is InChI=1S/C14H19N5O2/c1-10(14-18-16-9-19(14)2)17-13(20)7-8-21-12-5-3-11(15)4-6-12/h3-6,9-10H,7-8,15H2,1-2H3,(H,17,20). The van der Waals surface area contributed by atoms with Crippen molar-refractivity contribution in [1.82, 2.24) is 20.1 Å². The summed E-state index contributed by atoms with van der Waals surface area (Å²) in [4.78, 5) is 11.8. The molecule has 2 aromatic rings. The molecule has 21 heavy (non-hydrogen) atoms. The number of nitrogens with one attached hydrogen (secondary N) is 1. The summed E-state index contributed by atoms with van der Waals surface area (Å²) in [6, 6.07) is 6.86. The van der Waals surface area contributed by atoms with Crippen LogP contribution in [0, 0.1) is 0 Å². The molecule has 1 atom stereocenters. The van der Waals surface area contributed by atoms with Crippen LogP contribution in [0.3, 0.4) is 0 Å². The molecule has 1 amide bonds. The van der Waals surface area contributed by atoms with E-state index in [0.717, 1.165) is 0 Å². The molecule has 112 valence electrons. The molecule has 1 aromatic carbocycles. The van der Waals surface area contributed by atoms with Gasteiger partial charge in [0.05, 0.1) is 19.1 Å². The van der Waals surface area contributed by atoms with Gasteiger partial charge in [-0.3, -0.25) is 4.79 Å². The van der Waals surface area contributed by atoms with Gasteiger partial charge in [0.25, 0.3) is 0 Å². The average Bonchev–Trinajstić information content (AvgIpc) is 2.87. The van der Waals surface area contributed by atoms with E-state index in [1.54, 1.807) is 35.2 Å². The first-order valence-corrected chi connectivity index (χ1v) is 6.68. The highest BCUT2D eigenvalue weighted by Crippen LogP contribution is 2.13. The van der Waals surface area contributed by atoms with Crippen molar-refractivity contribution in [2.45, 2.75) is 19.4 Å². The van der Waals surface area contributed by atoms with Gasteiger partial charge in [0.1, 0.15) is 12.1 Å². The number of aromatic nitrogens is 3. The van der Waals surface area contributed by atoms with Crippen molar-refractivity contribution in [2.75, 3.05) is 12.3 Å². The van der Waals surface area contributed by atoms with Crippen LogP contribution in [0.1, 0.15) is 25.2 Å². The van der Waals surface area contributed by atoms with E-state index in [1.165, 1.54) is 0 Å². The molecule has 0 aliphatic heterocycles. The summed E-state index contributed by atoms with van der Waals surface area (Å²) in [7, 11) is 1.84. The number of carbonyl (C=O) groups excluding carboxylic acids is 1. The van der Waals surface area contributed by atoms with Crippen LogP contribution in [0.5, 0.6) is 5.75 Å². The van der Waals surface area contributed by atoms with Crippen LogP contribution in [0.2, 0.25) is 0 Å². The lowest BCUT2D eigenvalue weighted by Gasteiger charge is -2.13. The number of hydrogen-bond donors (Lipinski definition) is 2. The number of nitrogens with zero attached hydrogens (tertiary/aromatic N) is 3. The Morgan fingerprint density at radius 1 is 1.43 bits per heavy atom. The predicted octanol–water partition coefficient (Wildman–Crippen LogP) is 1.04. The van der Waals surface area contributed by atoms with E-state index in [0.29, 0.717) is 23.9 Å². The summed E-state index contributed by atoms with van der Waals surface area (Å²) in [5.74, 6) is 1.31. The normalized spacial score (nSPS) is 11.9. The van der Waals surface area contributed by atoms with Crippen LogP contribution in [0.25, 0.3) is 0 Å². The number of nitrogen functional groups attached to an aromatic ring is 1. The van der Waals surface area contributed by atoms with Crippen LogP contribution in [0.4, 0.5) is 5.69 Å². The van der Waals surface area contributed by atoms with E-state index in [1.807, 2.05) is 14.0 Å². The highest BCUT2D eigenvalue weighted by Gasteiger charge is 2.13. The lowest BCUT2D eigenvalue weighted by Crippen LogP contribution is -2.29. The molecule has 2 rings (SSSR count).